The van der Waals surface area contributed by atoms with Crippen molar-refractivity contribution in [2.24, 2.45) is 5.92 Å². The van der Waals surface area contributed by atoms with E-state index in [9.17, 15) is 14.7 Å². The summed E-state index contributed by atoms with van der Waals surface area (Å²) in [6.07, 6.45) is 4.03. The first-order chi connectivity index (χ1) is 11.5. The van der Waals surface area contributed by atoms with E-state index in [4.69, 9.17) is 4.74 Å². The Bertz CT molecular complexity index is 627. The van der Waals surface area contributed by atoms with Crippen LogP contribution in [-0.4, -0.2) is 29.6 Å². The van der Waals surface area contributed by atoms with Crippen molar-refractivity contribution in [3.63, 3.8) is 0 Å². The second-order valence-corrected chi connectivity index (χ2v) is 6.65. The van der Waals surface area contributed by atoms with Crippen molar-refractivity contribution in [2.75, 3.05) is 11.9 Å². The van der Waals surface area contributed by atoms with E-state index >= 15 is 0 Å². The van der Waals surface area contributed by atoms with Gasteiger partial charge >= 0.3 is 0 Å². The number of aliphatic hydroxyl groups is 1. The third kappa shape index (κ3) is 3.70. The quantitative estimate of drug-likeness (QED) is 0.771. The van der Waals surface area contributed by atoms with Gasteiger partial charge in [0.25, 0.3) is 0 Å². The molecule has 0 unspecified atom stereocenters. The number of amides is 2. The van der Waals surface area contributed by atoms with E-state index in [1.54, 1.807) is 18.2 Å². The molecule has 130 valence electrons. The number of ether oxygens (including phenoxy) is 1. The van der Waals surface area contributed by atoms with Gasteiger partial charge in [-0.3, -0.25) is 9.59 Å². The summed E-state index contributed by atoms with van der Waals surface area (Å²) in [6.45, 7) is 1.84. The SMILES string of the molecule is CC(=O)N[C@H](CC1CCC1)C(=O)Nc1cccc2c1OCC[C@@H]2O. The van der Waals surface area contributed by atoms with Gasteiger partial charge in [0.15, 0.2) is 0 Å². The Balaban J connectivity index is 1.74. The second-order valence-electron chi connectivity index (χ2n) is 6.65. The summed E-state index contributed by atoms with van der Waals surface area (Å²) in [7, 11) is 0. The van der Waals surface area contributed by atoms with Crippen LogP contribution in [0, 0.1) is 5.92 Å². The molecule has 2 aliphatic rings. The van der Waals surface area contributed by atoms with Gasteiger partial charge in [-0.2, -0.15) is 0 Å². The van der Waals surface area contributed by atoms with Crippen LogP contribution in [0.4, 0.5) is 5.69 Å². The predicted octanol–water partition coefficient (Wildman–Crippen LogP) is 2.14. The zero-order chi connectivity index (χ0) is 17.1. The molecule has 0 radical (unpaired) electrons. The molecule has 24 heavy (non-hydrogen) atoms. The summed E-state index contributed by atoms with van der Waals surface area (Å²) in [5, 5.41) is 15.7. The van der Waals surface area contributed by atoms with E-state index in [0.717, 1.165) is 12.8 Å². The molecule has 0 bridgehead atoms. The van der Waals surface area contributed by atoms with Crippen molar-refractivity contribution in [3.8, 4) is 5.75 Å². The first-order valence-corrected chi connectivity index (χ1v) is 8.56. The van der Waals surface area contributed by atoms with Crippen LogP contribution in [0.2, 0.25) is 0 Å². The lowest BCUT2D eigenvalue weighted by molar-refractivity contribution is -0.125. The molecule has 1 heterocycles. The standard InChI is InChI=1S/C18H24N2O4/c1-11(21)19-15(10-12-4-2-5-12)18(23)20-14-7-3-6-13-16(22)8-9-24-17(13)14/h3,6-7,12,15-16,22H,2,4-5,8-10H2,1H3,(H,19,21)(H,20,23)/t15-,16+/m1/s1. The molecule has 3 N–H and O–H groups in total. The number of hydrogen-bond acceptors (Lipinski definition) is 4. The van der Waals surface area contributed by atoms with Crippen LogP contribution in [0.1, 0.15) is 50.7 Å². The number of para-hydroxylation sites is 1. The molecule has 0 aromatic heterocycles. The van der Waals surface area contributed by atoms with Gasteiger partial charge in [-0.25, -0.2) is 0 Å². The normalized spacial score (nSPS) is 21.0. The highest BCUT2D eigenvalue weighted by molar-refractivity contribution is 5.98. The van der Waals surface area contributed by atoms with Gasteiger partial charge in [0.05, 0.1) is 18.4 Å². The maximum absolute atomic E-state index is 12.6. The first kappa shape index (κ1) is 16.8. The minimum Gasteiger partial charge on any atom is -0.491 e. The lowest BCUT2D eigenvalue weighted by Gasteiger charge is -2.30. The highest BCUT2D eigenvalue weighted by Crippen LogP contribution is 2.38. The number of fused-ring (bicyclic) bond motifs is 1. The number of anilines is 1. The molecule has 1 saturated carbocycles. The van der Waals surface area contributed by atoms with Gasteiger partial charge in [-0.1, -0.05) is 31.4 Å². The first-order valence-electron chi connectivity index (χ1n) is 8.56. The van der Waals surface area contributed by atoms with Gasteiger partial charge in [0.1, 0.15) is 11.8 Å². The van der Waals surface area contributed by atoms with Crippen LogP contribution in [0.3, 0.4) is 0 Å². The van der Waals surface area contributed by atoms with Crippen LogP contribution in [0.5, 0.6) is 5.75 Å². The number of carbonyl (C=O) groups is 2. The summed E-state index contributed by atoms with van der Waals surface area (Å²) in [5.41, 5.74) is 1.23. The van der Waals surface area contributed by atoms with Gasteiger partial charge < -0.3 is 20.5 Å². The van der Waals surface area contributed by atoms with E-state index in [1.807, 2.05) is 0 Å². The fraction of sp³-hybridized carbons (Fsp3) is 0.556. The van der Waals surface area contributed by atoms with Gasteiger partial charge in [-0.05, 0) is 18.4 Å². The number of aliphatic hydroxyl groups excluding tert-OH is 1. The molecule has 0 spiro atoms. The lowest BCUT2D eigenvalue weighted by atomic mass is 9.80. The molecule has 1 aromatic rings. The van der Waals surface area contributed by atoms with Crippen LogP contribution < -0.4 is 15.4 Å². The fourth-order valence-corrected chi connectivity index (χ4v) is 3.26. The third-order valence-electron chi connectivity index (χ3n) is 4.79. The molecule has 6 heteroatoms. The van der Waals surface area contributed by atoms with E-state index < -0.39 is 12.1 Å². The van der Waals surface area contributed by atoms with E-state index in [1.165, 1.54) is 13.3 Å². The fourth-order valence-electron chi connectivity index (χ4n) is 3.26. The minimum absolute atomic E-state index is 0.212. The monoisotopic (exact) mass is 332 g/mol. The molecule has 1 aromatic carbocycles. The maximum Gasteiger partial charge on any atom is 0.247 e. The molecular formula is C18H24N2O4. The van der Waals surface area contributed by atoms with Gasteiger partial charge in [-0.15, -0.1) is 0 Å². The van der Waals surface area contributed by atoms with Crippen LogP contribution in [0.15, 0.2) is 18.2 Å². The number of benzene rings is 1. The molecule has 2 amide bonds. The van der Waals surface area contributed by atoms with Gasteiger partial charge in [0, 0.05) is 18.9 Å². The molecule has 1 fully saturated rings. The summed E-state index contributed by atoms with van der Waals surface area (Å²) in [6, 6.07) is 4.79. The predicted molar refractivity (Wildman–Crippen MR) is 89.7 cm³/mol. The topological polar surface area (TPSA) is 87.7 Å². The number of hydrogen-bond donors (Lipinski definition) is 3. The molecular weight excluding hydrogens is 308 g/mol. The third-order valence-corrected chi connectivity index (χ3v) is 4.79. The van der Waals surface area contributed by atoms with Crippen molar-refractivity contribution >= 4 is 17.5 Å². The van der Waals surface area contributed by atoms with E-state index in [2.05, 4.69) is 10.6 Å². The number of carbonyl (C=O) groups excluding carboxylic acids is 2. The minimum atomic E-state index is -0.577. The Labute approximate surface area is 141 Å². The van der Waals surface area contributed by atoms with Crippen LogP contribution in [-0.2, 0) is 9.59 Å². The van der Waals surface area contributed by atoms with Gasteiger partial charge in [0.2, 0.25) is 11.8 Å². The molecule has 6 nitrogen and oxygen atoms in total. The average Bonchev–Trinajstić information content (AvgIpc) is 2.50. The highest BCUT2D eigenvalue weighted by atomic mass is 16.5. The van der Waals surface area contributed by atoms with Crippen molar-refractivity contribution in [1.82, 2.24) is 5.32 Å². The van der Waals surface area contributed by atoms with Crippen molar-refractivity contribution in [1.29, 1.82) is 0 Å². The summed E-state index contributed by atoms with van der Waals surface area (Å²) < 4.78 is 5.64. The van der Waals surface area contributed by atoms with Crippen molar-refractivity contribution in [2.45, 2.75) is 51.2 Å². The largest absolute Gasteiger partial charge is 0.491 e. The smallest absolute Gasteiger partial charge is 0.247 e. The molecule has 3 rings (SSSR count). The van der Waals surface area contributed by atoms with Crippen LogP contribution >= 0.6 is 0 Å². The van der Waals surface area contributed by atoms with E-state index in [-0.39, 0.29) is 11.8 Å². The average molecular weight is 332 g/mol. The summed E-state index contributed by atoms with van der Waals surface area (Å²) in [4.78, 5) is 24.1. The second kappa shape index (κ2) is 7.21. The Morgan fingerprint density at radius 1 is 1.33 bits per heavy atom. The van der Waals surface area contributed by atoms with Crippen LogP contribution in [0.25, 0.3) is 0 Å². The highest BCUT2D eigenvalue weighted by Gasteiger charge is 2.29. The molecule has 1 aliphatic carbocycles. The summed E-state index contributed by atoms with van der Waals surface area (Å²) >= 11 is 0. The molecule has 2 atom stereocenters. The van der Waals surface area contributed by atoms with E-state index in [0.29, 0.717) is 42.4 Å². The zero-order valence-electron chi connectivity index (χ0n) is 13.9. The lowest BCUT2D eigenvalue weighted by Crippen LogP contribution is -2.44. The maximum atomic E-state index is 12.6. The number of nitrogens with one attached hydrogen (secondary N) is 2. The summed E-state index contributed by atoms with van der Waals surface area (Å²) in [5.74, 6) is 0.565. The zero-order valence-corrected chi connectivity index (χ0v) is 13.9. The molecule has 1 aliphatic heterocycles. The molecule has 0 saturated heterocycles. The Hall–Kier alpha value is -2.08. The Kier molecular flexibility index (Phi) is 5.04. The number of rotatable bonds is 5. The Morgan fingerprint density at radius 2 is 2.12 bits per heavy atom. The van der Waals surface area contributed by atoms with Crippen molar-refractivity contribution in [3.05, 3.63) is 23.8 Å². The van der Waals surface area contributed by atoms with Crippen molar-refractivity contribution < 1.29 is 19.4 Å². The Morgan fingerprint density at radius 3 is 2.79 bits per heavy atom.